The third kappa shape index (κ3) is 4.05. The van der Waals surface area contributed by atoms with Crippen molar-refractivity contribution in [3.05, 3.63) is 52.5 Å². The number of benzene rings is 1. The first kappa shape index (κ1) is 26.1. The Bertz CT molecular complexity index is 1160. The van der Waals surface area contributed by atoms with Crippen LogP contribution in [-0.2, 0) is 20.1 Å². The second kappa shape index (κ2) is 9.81. The zero-order valence-electron chi connectivity index (χ0n) is 21.8. The Morgan fingerprint density at radius 3 is 2.44 bits per heavy atom. The Labute approximate surface area is 215 Å². The topological polar surface area (TPSA) is 63.1 Å². The molecule has 2 aromatic rings. The number of carbonyl (C=O) groups is 1. The molecule has 196 valence electrons. The fourth-order valence-electron chi connectivity index (χ4n) is 6.39. The summed E-state index contributed by atoms with van der Waals surface area (Å²) in [5.74, 6) is 1.70. The van der Waals surface area contributed by atoms with Gasteiger partial charge in [-0.3, -0.25) is 14.5 Å². The van der Waals surface area contributed by atoms with Gasteiger partial charge in [0.05, 0.1) is 37.7 Å². The van der Waals surface area contributed by atoms with Crippen LogP contribution in [0.4, 0.5) is 4.79 Å². The molecule has 1 aromatic carbocycles. The molecule has 0 bridgehead atoms. The number of aryl methyl sites for hydroxylation is 2. The van der Waals surface area contributed by atoms with E-state index in [0.717, 1.165) is 66.5 Å². The first-order valence-corrected chi connectivity index (χ1v) is 12.6. The van der Waals surface area contributed by atoms with Crippen molar-refractivity contribution in [1.29, 1.82) is 0 Å². The van der Waals surface area contributed by atoms with Gasteiger partial charge in [-0.05, 0) is 44.4 Å². The predicted octanol–water partition coefficient (Wildman–Crippen LogP) is 4.68. The Hall–Kier alpha value is -3.00. The van der Waals surface area contributed by atoms with Crippen LogP contribution in [0, 0.1) is 6.92 Å². The number of piperidine rings is 1. The van der Waals surface area contributed by atoms with Crippen molar-refractivity contribution in [3.63, 3.8) is 0 Å². The highest BCUT2D eigenvalue weighted by atomic mass is 16.5. The number of likely N-dealkylation sites (tertiary alicyclic amines) is 1. The normalized spacial score (nSPS) is 21.0. The highest BCUT2D eigenvalue weighted by molar-refractivity contribution is 5.83. The van der Waals surface area contributed by atoms with Gasteiger partial charge in [0.1, 0.15) is 11.5 Å². The van der Waals surface area contributed by atoms with Crippen LogP contribution in [0.3, 0.4) is 0 Å². The molecule has 2 fully saturated rings. The van der Waals surface area contributed by atoms with Crippen molar-refractivity contribution in [3.8, 4) is 11.5 Å². The minimum absolute atomic E-state index is 0. The molecule has 1 spiro atoms. The molecule has 0 N–H and O–H groups in total. The number of urea groups is 1. The molecule has 0 radical (unpaired) electrons. The number of methoxy groups -OCH3 is 2. The van der Waals surface area contributed by atoms with Gasteiger partial charge in [0.15, 0.2) is 0 Å². The summed E-state index contributed by atoms with van der Waals surface area (Å²) in [6.07, 6.45) is 4.17. The van der Waals surface area contributed by atoms with Crippen molar-refractivity contribution in [1.82, 2.24) is 24.5 Å². The molecule has 2 saturated heterocycles. The van der Waals surface area contributed by atoms with Crippen molar-refractivity contribution < 1.29 is 14.3 Å². The van der Waals surface area contributed by atoms with Crippen LogP contribution in [0.15, 0.2) is 30.0 Å². The van der Waals surface area contributed by atoms with E-state index in [2.05, 4.69) is 47.0 Å². The van der Waals surface area contributed by atoms with E-state index >= 15 is 0 Å². The van der Waals surface area contributed by atoms with Crippen molar-refractivity contribution >= 4 is 6.03 Å². The highest BCUT2D eigenvalue weighted by Gasteiger charge is 2.54. The lowest BCUT2D eigenvalue weighted by atomic mass is 9.82. The maximum absolute atomic E-state index is 13.8. The molecule has 1 atom stereocenters. The van der Waals surface area contributed by atoms with Gasteiger partial charge in [-0.2, -0.15) is 5.10 Å². The zero-order chi connectivity index (χ0) is 24.9. The molecule has 8 heteroatoms. The van der Waals surface area contributed by atoms with Gasteiger partial charge < -0.3 is 14.4 Å². The van der Waals surface area contributed by atoms with Crippen LogP contribution in [0.5, 0.6) is 11.5 Å². The second-order valence-corrected chi connectivity index (χ2v) is 10.1. The predicted molar refractivity (Wildman–Crippen MR) is 141 cm³/mol. The fraction of sp³-hybridized carbons (Fsp3) is 0.571. The van der Waals surface area contributed by atoms with E-state index < -0.39 is 0 Å². The molecular formula is C28H41N5O3. The maximum atomic E-state index is 13.8. The second-order valence-electron chi connectivity index (χ2n) is 10.1. The number of fused-ring (bicyclic) bond motifs is 3. The number of carbonyl (C=O) groups excluding carboxylic acids is 1. The van der Waals surface area contributed by atoms with Crippen LogP contribution < -0.4 is 9.47 Å². The monoisotopic (exact) mass is 495 g/mol. The molecule has 4 heterocycles. The van der Waals surface area contributed by atoms with Gasteiger partial charge in [-0.1, -0.05) is 20.4 Å². The summed E-state index contributed by atoms with van der Waals surface area (Å²) in [6, 6.07) is 6.27. The average Bonchev–Trinajstić information content (AvgIpc) is 3.19. The molecule has 3 aliphatic rings. The number of hydrogen-bond donors (Lipinski definition) is 0. The lowest BCUT2D eigenvalue weighted by Crippen LogP contribution is -2.53. The van der Waals surface area contributed by atoms with Gasteiger partial charge in [0, 0.05) is 56.5 Å². The number of rotatable bonds is 5. The molecule has 3 aliphatic heterocycles. The summed E-state index contributed by atoms with van der Waals surface area (Å²) < 4.78 is 13.3. The third-order valence-electron chi connectivity index (χ3n) is 8.08. The van der Waals surface area contributed by atoms with E-state index in [1.807, 2.05) is 29.6 Å². The zero-order valence-corrected chi connectivity index (χ0v) is 21.8. The summed E-state index contributed by atoms with van der Waals surface area (Å²) >= 11 is 0. The smallest absolute Gasteiger partial charge is 0.325 e. The van der Waals surface area contributed by atoms with E-state index in [9.17, 15) is 4.79 Å². The summed E-state index contributed by atoms with van der Waals surface area (Å²) in [4.78, 5) is 20.4. The van der Waals surface area contributed by atoms with Crippen LogP contribution in [0.25, 0.3) is 0 Å². The van der Waals surface area contributed by atoms with Crippen LogP contribution in [-0.4, -0.2) is 69.9 Å². The Kier molecular flexibility index (Phi) is 7.10. The summed E-state index contributed by atoms with van der Waals surface area (Å²) in [7, 11) is 5.38. The highest BCUT2D eigenvalue weighted by Crippen LogP contribution is 2.49. The lowest BCUT2D eigenvalue weighted by Gasteiger charge is -2.44. The summed E-state index contributed by atoms with van der Waals surface area (Å²) in [5, 5.41) is 4.50. The number of likely N-dealkylation sites (N-methyl/N-ethyl adjacent to an activating group) is 1. The molecular weight excluding hydrogens is 454 g/mol. The van der Waals surface area contributed by atoms with Crippen LogP contribution in [0.1, 0.15) is 62.5 Å². The number of nitrogens with zero attached hydrogens (tertiary/aromatic N) is 5. The molecule has 8 nitrogen and oxygen atoms in total. The Morgan fingerprint density at radius 2 is 1.86 bits per heavy atom. The van der Waals surface area contributed by atoms with Gasteiger partial charge in [0.2, 0.25) is 0 Å². The summed E-state index contributed by atoms with van der Waals surface area (Å²) in [5.41, 5.74) is 5.40. The molecule has 0 saturated carbocycles. The van der Waals surface area contributed by atoms with Gasteiger partial charge in [-0.15, -0.1) is 0 Å². The maximum Gasteiger partial charge on any atom is 0.325 e. The number of amides is 2. The SMILES string of the molecule is C.CCN1C(=O)N2Cc3cc(OC)cc(OC)c3[C@@H](C)C=C2C12CCN(Cc1cc(C)nn1C)CC2. The quantitative estimate of drug-likeness (QED) is 0.603. The van der Waals surface area contributed by atoms with E-state index in [1.165, 1.54) is 5.69 Å². The van der Waals surface area contributed by atoms with Crippen LogP contribution >= 0.6 is 0 Å². The van der Waals surface area contributed by atoms with E-state index in [-0.39, 0.29) is 24.9 Å². The lowest BCUT2D eigenvalue weighted by molar-refractivity contribution is 0.0876. The minimum Gasteiger partial charge on any atom is -0.497 e. The largest absolute Gasteiger partial charge is 0.497 e. The molecule has 2 amide bonds. The third-order valence-corrected chi connectivity index (χ3v) is 8.08. The Morgan fingerprint density at radius 1 is 1.14 bits per heavy atom. The van der Waals surface area contributed by atoms with Gasteiger partial charge in [0.25, 0.3) is 0 Å². The molecule has 0 aliphatic carbocycles. The molecule has 1 aromatic heterocycles. The number of aromatic nitrogens is 2. The molecule has 5 rings (SSSR count). The minimum atomic E-state index is -0.266. The number of hydrogen-bond acceptors (Lipinski definition) is 5. The fourth-order valence-corrected chi connectivity index (χ4v) is 6.39. The van der Waals surface area contributed by atoms with Crippen molar-refractivity contribution in [2.45, 2.75) is 65.6 Å². The number of ether oxygens (including phenoxy) is 2. The Balaban J connectivity index is 0.00000304. The molecule has 0 unspecified atom stereocenters. The van der Waals surface area contributed by atoms with E-state index in [0.29, 0.717) is 13.1 Å². The first-order chi connectivity index (χ1) is 16.8. The number of allylic oxidation sites excluding steroid dienone is 1. The summed E-state index contributed by atoms with van der Waals surface area (Å²) in [6.45, 7) is 10.3. The van der Waals surface area contributed by atoms with E-state index in [4.69, 9.17) is 9.47 Å². The molecule has 36 heavy (non-hydrogen) atoms. The first-order valence-electron chi connectivity index (χ1n) is 12.6. The van der Waals surface area contributed by atoms with Crippen LogP contribution in [0.2, 0.25) is 0 Å². The average molecular weight is 496 g/mol. The van der Waals surface area contributed by atoms with Crippen molar-refractivity contribution in [2.24, 2.45) is 7.05 Å². The van der Waals surface area contributed by atoms with Gasteiger partial charge >= 0.3 is 6.03 Å². The standard InChI is InChI=1S/C27H37N5O3.CH4/c1-7-32-26(33)31-16-20-14-22(34-5)15-23(35-6)25(20)18(2)12-24(31)27(32)8-10-30(11-9-27)17-21-13-19(3)28-29(21)4;/h12-15,18H,7-11,16-17H2,1-6H3;1H4/t18-;/m0./s1. The van der Waals surface area contributed by atoms with Gasteiger partial charge in [-0.25, -0.2) is 4.79 Å². The van der Waals surface area contributed by atoms with E-state index in [1.54, 1.807) is 14.2 Å². The van der Waals surface area contributed by atoms with Crippen molar-refractivity contribution in [2.75, 3.05) is 33.9 Å².